The molecule has 0 radical (unpaired) electrons. The van der Waals surface area contributed by atoms with Crippen molar-refractivity contribution < 1.29 is 10.0 Å². The molecule has 5 heteroatoms. The Bertz CT molecular complexity index is 520. The number of hydrogen-bond acceptors (Lipinski definition) is 4. The van der Waals surface area contributed by atoms with Crippen LogP contribution < -0.4 is 0 Å². The van der Waals surface area contributed by atoms with Crippen LogP contribution >= 0.6 is 11.8 Å². The molecule has 1 unspecified atom stereocenters. The van der Waals surface area contributed by atoms with Crippen LogP contribution in [-0.4, -0.2) is 40.6 Å². The highest BCUT2D eigenvalue weighted by molar-refractivity contribution is 7.99. The van der Waals surface area contributed by atoms with E-state index >= 15 is 0 Å². The lowest BCUT2D eigenvalue weighted by atomic mass is 9.98. The van der Waals surface area contributed by atoms with E-state index in [1.54, 1.807) is 11.8 Å². The molecule has 100 valence electrons. The first kappa shape index (κ1) is 12.5. The fourth-order valence-electron chi connectivity index (χ4n) is 2.67. The maximum atomic E-state index is 12.6. The fraction of sp³-hybridized carbons (Fsp3) is 0.429. The maximum Gasteiger partial charge on any atom is 0.231 e. The topological polar surface area (TPSA) is 52.9 Å². The number of fused-ring (bicyclic) bond motifs is 1. The predicted molar refractivity (Wildman–Crippen MR) is 74.9 cm³/mol. The van der Waals surface area contributed by atoms with Gasteiger partial charge in [-0.25, -0.2) is 0 Å². The minimum Gasteiger partial charge on any atom is -0.411 e. The third kappa shape index (κ3) is 2.34. The Morgan fingerprint density at radius 3 is 2.79 bits per heavy atom. The normalized spacial score (nSPS) is 22.2. The summed E-state index contributed by atoms with van der Waals surface area (Å²) in [4.78, 5) is 15.7. The summed E-state index contributed by atoms with van der Waals surface area (Å²) in [6.45, 7) is 1.34. The van der Waals surface area contributed by atoms with Crippen molar-refractivity contribution in [2.75, 3.05) is 18.8 Å². The van der Waals surface area contributed by atoms with E-state index in [4.69, 9.17) is 5.21 Å². The van der Waals surface area contributed by atoms with Gasteiger partial charge in [-0.2, -0.15) is 0 Å². The highest BCUT2D eigenvalue weighted by atomic mass is 32.2. The van der Waals surface area contributed by atoms with E-state index < -0.39 is 0 Å². The monoisotopic (exact) mass is 276 g/mol. The van der Waals surface area contributed by atoms with Crippen LogP contribution in [0.4, 0.5) is 0 Å². The van der Waals surface area contributed by atoms with Gasteiger partial charge in [0.1, 0.15) is 0 Å². The Kier molecular flexibility index (Phi) is 3.46. The van der Waals surface area contributed by atoms with E-state index in [1.165, 1.54) is 10.5 Å². The molecule has 1 aromatic rings. The van der Waals surface area contributed by atoms with Crippen molar-refractivity contribution in [2.24, 2.45) is 5.16 Å². The Hall–Kier alpha value is -1.49. The van der Waals surface area contributed by atoms with Gasteiger partial charge >= 0.3 is 0 Å². The molecule has 2 heterocycles. The number of hydrogen-bond donors (Lipinski definition) is 1. The highest BCUT2D eigenvalue weighted by Gasteiger charge is 2.33. The molecule has 1 fully saturated rings. The molecule has 19 heavy (non-hydrogen) atoms. The van der Waals surface area contributed by atoms with Crippen LogP contribution in [0.1, 0.15) is 24.3 Å². The minimum absolute atomic E-state index is 0.00573. The predicted octanol–water partition coefficient (Wildman–Crippen LogP) is 2.33. The summed E-state index contributed by atoms with van der Waals surface area (Å²) in [7, 11) is 0. The second-order valence-corrected chi connectivity index (χ2v) is 5.95. The first-order chi connectivity index (χ1) is 9.29. The van der Waals surface area contributed by atoms with Gasteiger partial charge in [0.2, 0.25) is 5.91 Å². The lowest BCUT2D eigenvalue weighted by Gasteiger charge is -2.29. The summed E-state index contributed by atoms with van der Waals surface area (Å²) >= 11 is 1.76. The molecule has 2 aliphatic heterocycles. The van der Waals surface area contributed by atoms with E-state index in [1.807, 2.05) is 17.0 Å². The van der Waals surface area contributed by atoms with Crippen molar-refractivity contribution in [1.29, 1.82) is 0 Å². The number of thioether (sulfide) groups is 1. The van der Waals surface area contributed by atoms with Gasteiger partial charge < -0.3 is 10.1 Å². The number of amides is 1. The van der Waals surface area contributed by atoms with Gasteiger partial charge in [-0.15, -0.1) is 11.8 Å². The van der Waals surface area contributed by atoms with Crippen LogP contribution in [0, 0.1) is 0 Å². The molecule has 3 rings (SSSR count). The standard InChI is InChI=1S/C14H16N2O2S/c17-14(16-7-5-10(15-18)6-8-16)12-9-19-13-4-2-1-3-11(12)13/h1-4,12,18H,5-9H2. The van der Waals surface area contributed by atoms with Crippen molar-refractivity contribution in [1.82, 2.24) is 4.90 Å². The van der Waals surface area contributed by atoms with E-state index in [0.29, 0.717) is 25.9 Å². The van der Waals surface area contributed by atoms with Gasteiger partial charge in [0.25, 0.3) is 0 Å². The van der Waals surface area contributed by atoms with Crippen molar-refractivity contribution in [2.45, 2.75) is 23.7 Å². The second-order valence-electron chi connectivity index (χ2n) is 4.89. The quantitative estimate of drug-likeness (QED) is 0.632. The number of oxime groups is 1. The van der Waals surface area contributed by atoms with E-state index in [-0.39, 0.29) is 11.8 Å². The summed E-state index contributed by atoms with van der Waals surface area (Å²) in [5.41, 5.74) is 1.96. The van der Waals surface area contributed by atoms with Gasteiger partial charge in [0.05, 0.1) is 11.6 Å². The first-order valence-electron chi connectivity index (χ1n) is 6.50. The Morgan fingerprint density at radius 2 is 2.05 bits per heavy atom. The number of carbonyl (C=O) groups is 1. The zero-order valence-corrected chi connectivity index (χ0v) is 11.4. The molecule has 0 spiro atoms. The Labute approximate surface area is 116 Å². The fourth-order valence-corrected chi connectivity index (χ4v) is 3.89. The molecule has 0 aliphatic carbocycles. The molecule has 1 N–H and O–H groups in total. The molecule has 1 saturated heterocycles. The van der Waals surface area contributed by atoms with Crippen molar-refractivity contribution in [3.8, 4) is 0 Å². The van der Waals surface area contributed by atoms with Gasteiger partial charge in [0.15, 0.2) is 0 Å². The SMILES string of the molecule is O=C(C1CSc2ccccc21)N1CCC(=NO)CC1. The number of likely N-dealkylation sites (tertiary alicyclic amines) is 1. The smallest absolute Gasteiger partial charge is 0.231 e. The summed E-state index contributed by atoms with van der Waals surface area (Å²) in [5.74, 6) is 1.05. The van der Waals surface area contributed by atoms with Crippen LogP contribution in [0.3, 0.4) is 0 Å². The van der Waals surface area contributed by atoms with E-state index in [9.17, 15) is 4.79 Å². The van der Waals surface area contributed by atoms with Crippen LogP contribution in [0.5, 0.6) is 0 Å². The van der Waals surface area contributed by atoms with Crippen molar-refractivity contribution >= 4 is 23.4 Å². The van der Waals surface area contributed by atoms with Crippen LogP contribution in [0.2, 0.25) is 0 Å². The lowest BCUT2D eigenvalue weighted by Crippen LogP contribution is -2.41. The van der Waals surface area contributed by atoms with Crippen LogP contribution in [0.25, 0.3) is 0 Å². The number of rotatable bonds is 1. The maximum absolute atomic E-state index is 12.6. The van der Waals surface area contributed by atoms with Gasteiger partial charge in [-0.05, 0) is 11.6 Å². The Balaban J connectivity index is 1.72. The molecule has 1 atom stereocenters. The molecule has 4 nitrogen and oxygen atoms in total. The molecule has 0 aromatic heterocycles. The van der Waals surface area contributed by atoms with Crippen LogP contribution in [0.15, 0.2) is 34.3 Å². The molecule has 2 aliphatic rings. The highest BCUT2D eigenvalue weighted by Crippen LogP contribution is 2.40. The zero-order chi connectivity index (χ0) is 13.2. The van der Waals surface area contributed by atoms with Crippen LogP contribution in [-0.2, 0) is 4.79 Å². The molecular formula is C14H16N2O2S. The number of benzene rings is 1. The zero-order valence-electron chi connectivity index (χ0n) is 10.6. The average molecular weight is 276 g/mol. The lowest BCUT2D eigenvalue weighted by molar-refractivity contribution is -0.132. The third-order valence-corrected chi connectivity index (χ3v) is 4.97. The molecule has 0 bridgehead atoms. The summed E-state index contributed by atoms with van der Waals surface area (Å²) < 4.78 is 0. The van der Waals surface area contributed by atoms with Gasteiger partial charge in [0, 0.05) is 36.6 Å². The first-order valence-corrected chi connectivity index (χ1v) is 7.48. The molecule has 1 aromatic carbocycles. The minimum atomic E-state index is -0.00573. The van der Waals surface area contributed by atoms with Gasteiger partial charge in [-0.3, -0.25) is 4.79 Å². The molecular weight excluding hydrogens is 260 g/mol. The third-order valence-electron chi connectivity index (χ3n) is 3.79. The summed E-state index contributed by atoms with van der Waals surface area (Å²) in [5, 5.41) is 12.0. The largest absolute Gasteiger partial charge is 0.411 e. The number of nitrogens with zero attached hydrogens (tertiary/aromatic N) is 2. The average Bonchev–Trinajstić information content (AvgIpc) is 2.90. The number of piperidine rings is 1. The van der Waals surface area contributed by atoms with E-state index in [2.05, 4.69) is 17.3 Å². The number of carbonyl (C=O) groups excluding carboxylic acids is 1. The van der Waals surface area contributed by atoms with Gasteiger partial charge in [-0.1, -0.05) is 23.4 Å². The molecule has 1 amide bonds. The summed E-state index contributed by atoms with van der Waals surface area (Å²) in [6, 6.07) is 8.16. The summed E-state index contributed by atoms with van der Waals surface area (Å²) in [6.07, 6.45) is 1.37. The Morgan fingerprint density at radius 1 is 1.32 bits per heavy atom. The second kappa shape index (κ2) is 5.25. The molecule has 0 saturated carbocycles. The van der Waals surface area contributed by atoms with Crippen molar-refractivity contribution in [3.63, 3.8) is 0 Å². The van der Waals surface area contributed by atoms with Crippen molar-refractivity contribution in [3.05, 3.63) is 29.8 Å². The van der Waals surface area contributed by atoms with E-state index in [0.717, 1.165) is 11.5 Å².